The average molecular weight is 389 g/mol. The molecule has 0 radical (unpaired) electrons. The van der Waals surface area contributed by atoms with Crippen LogP contribution in [0.3, 0.4) is 0 Å². The van der Waals surface area contributed by atoms with Crippen molar-refractivity contribution in [1.29, 1.82) is 0 Å². The molecule has 5 nitrogen and oxygen atoms in total. The Hall–Kier alpha value is -1.30. The Morgan fingerprint density at radius 1 is 1.16 bits per heavy atom. The molecule has 0 aliphatic heterocycles. The van der Waals surface area contributed by atoms with E-state index in [-0.39, 0.29) is 30.7 Å². The van der Waals surface area contributed by atoms with Crippen molar-refractivity contribution in [1.82, 2.24) is 14.9 Å². The van der Waals surface area contributed by atoms with Crippen LogP contribution in [0.1, 0.15) is 44.9 Å². The molecule has 0 saturated carbocycles. The van der Waals surface area contributed by atoms with Gasteiger partial charge < -0.3 is 15.6 Å². The van der Waals surface area contributed by atoms with Crippen molar-refractivity contribution in [2.45, 2.75) is 52.0 Å². The molecule has 1 aromatic carbocycles. The number of aryl methyl sites for hydroxylation is 1. The smallest absolute Gasteiger partial charge is 0.220 e. The summed E-state index contributed by atoms with van der Waals surface area (Å²) in [7, 11) is 0. The molecule has 0 atom stereocenters. The van der Waals surface area contributed by atoms with Crippen molar-refractivity contribution < 1.29 is 4.79 Å². The maximum Gasteiger partial charge on any atom is 0.220 e. The minimum Gasteiger partial charge on any atom is -0.356 e. The Kier molecular flexibility index (Phi) is 12.3. The number of fused-ring (bicyclic) bond motifs is 1. The van der Waals surface area contributed by atoms with Gasteiger partial charge in [0.05, 0.1) is 11.0 Å². The number of carbonyl (C=O) groups is 1. The lowest BCUT2D eigenvalue weighted by molar-refractivity contribution is -0.121. The molecule has 0 unspecified atom stereocenters. The normalized spacial score (nSPS) is 10.2. The number of imidazole rings is 1. The molecule has 2 aromatic rings. The van der Waals surface area contributed by atoms with Crippen LogP contribution in [0.4, 0.5) is 0 Å². The Bertz CT molecular complexity index is 631. The standard InChI is InChI=1S/C18H28N4O.2ClH/c1-2-22-16-10-7-6-9-15(16)21-17(22)12-14-20-18(23)11-5-3-4-8-13-19;;/h6-7,9-10H,2-5,8,11-14,19H2,1H3,(H,20,23);2*1H. The molecule has 3 N–H and O–H groups in total. The number of unbranched alkanes of at least 4 members (excludes halogenated alkanes) is 3. The average Bonchev–Trinajstić information content (AvgIpc) is 2.92. The number of amides is 1. The van der Waals surface area contributed by atoms with Crippen molar-refractivity contribution in [3.8, 4) is 0 Å². The van der Waals surface area contributed by atoms with Crippen LogP contribution < -0.4 is 11.1 Å². The first-order valence-electron chi connectivity index (χ1n) is 8.67. The first-order valence-corrected chi connectivity index (χ1v) is 8.67. The SMILES string of the molecule is CCn1c(CCNC(=O)CCCCCCN)nc2ccccc21.Cl.Cl. The second kappa shape index (κ2) is 13.0. The largest absolute Gasteiger partial charge is 0.356 e. The van der Waals surface area contributed by atoms with Crippen LogP contribution in [-0.2, 0) is 17.8 Å². The molecule has 1 aromatic heterocycles. The lowest BCUT2D eigenvalue weighted by atomic mass is 10.1. The van der Waals surface area contributed by atoms with Crippen LogP contribution in [0.2, 0.25) is 0 Å². The number of nitrogens with zero attached hydrogens (tertiary/aromatic N) is 2. The third-order valence-corrected chi connectivity index (χ3v) is 4.08. The van der Waals surface area contributed by atoms with Gasteiger partial charge >= 0.3 is 0 Å². The van der Waals surface area contributed by atoms with E-state index in [1.165, 1.54) is 0 Å². The lowest BCUT2D eigenvalue weighted by Crippen LogP contribution is -2.26. The van der Waals surface area contributed by atoms with Gasteiger partial charge in [0.1, 0.15) is 5.82 Å². The molecule has 1 amide bonds. The summed E-state index contributed by atoms with van der Waals surface area (Å²) in [6.07, 6.45) is 5.56. The van der Waals surface area contributed by atoms with Crippen molar-refractivity contribution in [2.24, 2.45) is 5.73 Å². The zero-order valence-corrected chi connectivity index (χ0v) is 16.5. The highest BCUT2D eigenvalue weighted by molar-refractivity contribution is 5.85. The Labute approximate surface area is 162 Å². The molecule has 142 valence electrons. The predicted octanol–water partition coefficient (Wildman–Crippen LogP) is 3.47. The molecule has 0 aliphatic carbocycles. The number of para-hydroxylation sites is 2. The van der Waals surface area contributed by atoms with E-state index in [9.17, 15) is 4.79 Å². The third kappa shape index (κ3) is 7.22. The van der Waals surface area contributed by atoms with E-state index in [2.05, 4.69) is 27.9 Å². The zero-order valence-electron chi connectivity index (χ0n) is 14.9. The number of hydrogen-bond acceptors (Lipinski definition) is 3. The van der Waals surface area contributed by atoms with Gasteiger partial charge in [0.25, 0.3) is 0 Å². The van der Waals surface area contributed by atoms with Gasteiger partial charge in [-0.1, -0.05) is 25.0 Å². The summed E-state index contributed by atoms with van der Waals surface area (Å²) in [5.74, 6) is 1.17. The van der Waals surface area contributed by atoms with E-state index in [0.29, 0.717) is 13.0 Å². The van der Waals surface area contributed by atoms with Crippen LogP contribution in [0.25, 0.3) is 11.0 Å². The van der Waals surface area contributed by atoms with Crippen LogP contribution in [0.15, 0.2) is 24.3 Å². The van der Waals surface area contributed by atoms with Gasteiger partial charge in [-0.3, -0.25) is 4.79 Å². The molecule has 0 saturated heterocycles. The van der Waals surface area contributed by atoms with Gasteiger partial charge in [-0.25, -0.2) is 4.98 Å². The molecule has 0 bridgehead atoms. The number of benzene rings is 1. The molecule has 2 rings (SSSR count). The second-order valence-corrected chi connectivity index (χ2v) is 5.81. The summed E-state index contributed by atoms with van der Waals surface area (Å²) in [5.41, 5.74) is 7.64. The molecule has 7 heteroatoms. The number of halogens is 2. The van der Waals surface area contributed by atoms with Gasteiger partial charge in [-0.15, -0.1) is 24.8 Å². The summed E-state index contributed by atoms with van der Waals surface area (Å²) in [6.45, 7) is 4.40. The maximum absolute atomic E-state index is 11.8. The summed E-state index contributed by atoms with van der Waals surface area (Å²) in [4.78, 5) is 16.5. The highest BCUT2D eigenvalue weighted by Gasteiger charge is 2.09. The fraction of sp³-hybridized carbons (Fsp3) is 0.556. The summed E-state index contributed by atoms with van der Waals surface area (Å²) in [6, 6.07) is 8.16. The third-order valence-electron chi connectivity index (χ3n) is 4.08. The van der Waals surface area contributed by atoms with Crippen LogP contribution >= 0.6 is 24.8 Å². The van der Waals surface area contributed by atoms with Gasteiger partial charge in [-0.05, 0) is 38.4 Å². The van der Waals surface area contributed by atoms with E-state index in [1.807, 2.05) is 18.2 Å². The molecular formula is C18H30Cl2N4O. The first kappa shape index (κ1) is 23.7. The Morgan fingerprint density at radius 3 is 2.60 bits per heavy atom. The van der Waals surface area contributed by atoms with Gasteiger partial charge in [0.15, 0.2) is 0 Å². The second-order valence-electron chi connectivity index (χ2n) is 5.81. The fourth-order valence-electron chi connectivity index (χ4n) is 2.85. The highest BCUT2D eigenvalue weighted by Crippen LogP contribution is 2.16. The van der Waals surface area contributed by atoms with E-state index < -0.39 is 0 Å². The van der Waals surface area contributed by atoms with E-state index in [0.717, 1.165) is 62.1 Å². The summed E-state index contributed by atoms with van der Waals surface area (Å²) in [5, 5.41) is 3.00. The zero-order chi connectivity index (χ0) is 16.5. The predicted molar refractivity (Wildman–Crippen MR) is 109 cm³/mol. The van der Waals surface area contributed by atoms with E-state index >= 15 is 0 Å². The minimum absolute atomic E-state index is 0. The summed E-state index contributed by atoms with van der Waals surface area (Å²) >= 11 is 0. The fourth-order valence-corrected chi connectivity index (χ4v) is 2.85. The molecule has 0 aliphatic rings. The lowest BCUT2D eigenvalue weighted by Gasteiger charge is -2.07. The maximum atomic E-state index is 11.8. The molecular weight excluding hydrogens is 359 g/mol. The quantitative estimate of drug-likeness (QED) is 0.611. The molecule has 25 heavy (non-hydrogen) atoms. The molecule has 0 spiro atoms. The number of hydrogen-bond donors (Lipinski definition) is 2. The van der Waals surface area contributed by atoms with Crippen molar-refractivity contribution >= 4 is 41.8 Å². The minimum atomic E-state index is 0. The summed E-state index contributed by atoms with van der Waals surface area (Å²) < 4.78 is 2.22. The Balaban J connectivity index is 0.00000288. The van der Waals surface area contributed by atoms with Crippen LogP contribution in [0.5, 0.6) is 0 Å². The van der Waals surface area contributed by atoms with Crippen molar-refractivity contribution in [3.63, 3.8) is 0 Å². The van der Waals surface area contributed by atoms with E-state index in [4.69, 9.17) is 5.73 Å². The van der Waals surface area contributed by atoms with Gasteiger partial charge in [0.2, 0.25) is 5.91 Å². The monoisotopic (exact) mass is 388 g/mol. The number of nitrogens with two attached hydrogens (primary N) is 1. The number of carbonyl (C=O) groups excluding carboxylic acids is 1. The number of aromatic nitrogens is 2. The molecule has 1 heterocycles. The van der Waals surface area contributed by atoms with Crippen LogP contribution in [-0.4, -0.2) is 28.5 Å². The number of rotatable bonds is 10. The van der Waals surface area contributed by atoms with Gasteiger partial charge in [-0.2, -0.15) is 0 Å². The Morgan fingerprint density at radius 2 is 1.88 bits per heavy atom. The van der Waals surface area contributed by atoms with E-state index in [1.54, 1.807) is 0 Å². The van der Waals surface area contributed by atoms with Crippen molar-refractivity contribution in [2.75, 3.05) is 13.1 Å². The molecule has 0 fully saturated rings. The topological polar surface area (TPSA) is 72.9 Å². The first-order chi connectivity index (χ1) is 11.3. The number of nitrogens with one attached hydrogen (secondary N) is 1. The van der Waals surface area contributed by atoms with Crippen LogP contribution in [0, 0.1) is 0 Å². The van der Waals surface area contributed by atoms with Gasteiger partial charge in [0, 0.05) is 25.9 Å². The highest BCUT2D eigenvalue weighted by atomic mass is 35.5. The van der Waals surface area contributed by atoms with Crippen molar-refractivity contribution in [3.05, 3.63) is 30.1 Å².